The van der Waals surface area contributed by atoms with Crippen molar-refractivity contribution in [2.24, 2.45) is 0 Å². The maximum Gasteiger partial charge on any atom is 0.221 e. The van der Waals surface area contributed by atoms with Gasteiger partial charge in [-0.25, -0.2) is 0 Å². The number of anilines is 1. The van der Waals surface area contributed by atoms with Gasteiger partial charge in [0.05, 0.1) is 0 Å². The van der Waals surface area contributed by atoms with Crippen molar-refractivity contribution in [3.63, 3.8) is 0 Å². The van der Waals surface area contributed by atoms with Crippen LogP contribution in [-0.4, -0.2) is 19.0 Å². The van der Waals surface area contributed by atoms with Gasteiger partial charge in [-0.05, 0) is 56.6 Å². The molecule has 0 saturated heterocycles. The molecule has 2 N–H and O–H groups in total. The van der Waals surface area contributed by atoms with Gasteiger partial charge in [0.25, 0.3) is 0 Å². The second-order valence-electron chi connectivity index (χ2n) is 6.35. The van der Waals surface area contributed by atoms with E-state index in [4.69, 9.17) is 0 Å². The zero-order valence-corrected chi connectivity index (χ0v) is 14.6. The molecule has 1 aliphatic carbocycles. The summed E-state index contributed by atoms with van der Waals surface area (Å²) in [7, 11) is 0. The summed E-state index contributed by atoms with van der Waals surface area (Å²) >= 11 is 0. The van der Waals surface area contributed by atoms with E-state index in [9.17, 15) is 4.79 Å². The lowest BCUT2D eigenvalue weighted by Gasteiger charge is -2.15. The van der Waals surface area contributed by atoms with Crippen molar-refractivity contribution in [3.8, 4) is 0 Å². The summed E-state index contributed by atoms with van der Waals surface area (Å²) < 4.78 is 0. The van der Waals surface area contributed by atoms with Crippen molar-refractivity contribution in [2.45, 2.75) is 58.8 Å². The van der Waals surface area contributed by atoms with Crippen LogP contribution < -0.4 is 10.6 Å². The molecule has 0 spiro atoms. The van der Waals surface area contributed by atoms with Crippen LogP contribution in [0.2, 0.25) is 0 Å². The zero-order chi connectivity index (χ0) is 16.5. The van der Waals surface area contributed by atoms with Crippen molar-refractivity contribution in [2.75, 3.05) is 18.4 Å². The highest BCUT2D eigenvalue weighted by Crippen LogP contribution is 2.21. The van der Waals surface area contributed by atoms with E-state index in [1.54, 1.807) is 0 Å². The molecule has 0 aromatic heterocycles. The summed E-state index contributed by atoms with van der Waals surface area (Å²) in [5.41, 5.74) is 5.26. The van der Waals surface area contributed by atoms with Gasteiger partial charge in [-0.15, -0.1) is 0 Å². The van der Waals surface area contributed by atoms with E-state index in [1.807, 2.05) is 0 Å². The van der Waals surface area contributed by atoms with E-state index in [0.717, 1.165) is 19.4 Å². The third-order valence-electron chi connectivity index (χ3n) is 4.55. The molecule has 126 valence electrons. The smallest absolute Gasteiger partial charge is 0.221 e. The molecule has 1 aliphatic rings. The molecule has 1 aromatic carbocycles. The van der Waals surface area contributed by atoms with Crippen LogP contribution in [0.4, 0.5) is 5.69 Å². The number of allylic oxidation sites excluding steroid dienone is 1. The minimum absolute atomic E-state index is 0.139. The van der Waals surface area contributed by atoms with Gasteiger partial charge in [-0.3, -0.25) is 4.79 Å². The van der Waals surface area contributed by atoms with Gasteiger partial charge in [0.15, 0.2) is 0 Å². The quantitative estimate of drug-likeness (QED) is 0.700. The Morgan fingerprint density at radius 1 is 1.22 bits per heavy atom. The lowest BCUT2D eigenvalue weighted by molar-refractivity contribution is -0.120. The Balaban J connectivity index is 1.68. The lowest BCUT2D eigenvalue weighted by Crippen LogP contribution is -2.26. The molecule has 0 saturated carbocycles. The molecule has 0 atom stereocenters. The molecule has 0 bridgehead atoms. The van der Waals surface area contributed by atoms with Gasteiger partial charge in [0.2, 0.25) is 5.91 Å². The molecule has 0 unspecified atom stereocenters. The second kappa shape index (κ2) is 9.39. The summed E-state index contributed by atoms with van der Waals surface area (Å²) in [6, 6.07) is 6.35. The SMILES string of the molecule is CCc1cccc(C)c1NCCC(=O)NCCC1=CCCCC1. The molecule has 0 heterocycles. The van der Waals surface area contributed by atoms with E-state index < -0.39 is 0 Å². The standard InChI is InChI=1S/C20H30N2O/c1-3-18-11-7-8-16(2)20(18)22-15-13-19(23)21-14-12-17-9-5-4-6-10-17/h7-9,11,22H,3-6,10,12-15H2,1-2H3,(H,21,23). The molecule has 1 amide bonds. The molecule has 3 nitrogen and oxygen atoms in total. The number of aryl methyl sites for hydroxylation is 2. The van der Waals surface area contributed by atoms with Crippen molar-refractivity contribution in [1.82, 2.24) is 5.32 Å². The van der Waals surface area contributed by atoms with Crippen LogP contribution in [0.3, 0.4) is 0 Å². The topological polar surface area (TPSA) is 41.1 Å². The van der Waals surface area contributed by atoms with Gasteiger partial charge in [0.1, 0.15) is 0 Å². The summed E-state index contributed by atoms with van der Waals surface area (Å²) in [5, 5.41) is 6.47. The number of benzene rings is 1. The fraction of sp³-hybridized carbons (Fsp3) is 0.550. The largest absolute Gasteiger partial charge is 0.384 e. The van der Waals surface area contributed by atoms with Crippen LogP contribution >= 0.6 is 0 Å². The first-order chi connectivity index (χ1) is 11.2. The highest BCUT2D eigenvalue weighted by Gasteiger charge is 2.07. The lowest BCUT2D eigenvalue weighted by atomic mass is 9.97. The monoisotopic (exact) mass is 314 g/mol. The Bertz CT molecular complexity index is 549. The molecular formula is C20H30N2O. The molecule has 1 aromatic rings. The Kier molecular flexibility index (Phi) is 7.18. The normalized spacial score (nSPS) is 14.3. The number of hydrogen-bond donors (Lipinski definition) is 2. The number of nitrogens with one attached hydrogen (secondary N) is 2. The van der Waals surface area contributed by atoms with Crippen molar-refractivity contribution in [1.29, 1.82) is 0 Å². The van der Waals surface area contributed by atoms with E-state index in [2.05, 4.69) is 48.8 Å². The summed E-state index contributed by atoms with van der Waals surface area (Å²) in [6.45, 7) is 5.73. The maximum absolute atomic E-state index is 11.9. The van der Waals surface area contributed by atoms with Crippen molar-refractivity contribution < 1.29 is 4.79 Å². The number of hydrogen-bond acceptors (Lipinski definition) is 2. The van der Waals surface area contributed by atoms with Crippen molar-refractivity contribution in [3.05, 3.63) is 41.0 Å². The minimum atomic E-state index is 0.139. The minimum Gasteiger partial charge on any atom is -0.384 e. The number of carbonyl (C=O) groups is 1. The molecule has 0 radical (unpaired) electrons. The number of amides is 1. The number of para-hydroxylation sites is 1. The van der Waals surface area contributed by atoms with Gasteiger partial charge in [-0.2, -0.15) is 0 Å². The summed E-state index contributed by atoms with van der Waals surface area (Å²) in [5.74, 6) is 0.139. The molecule has 23 heavy (non-hydrogen) atoms. The van der Waals surface area contributed by atoms with Crippen LogP contribution in [0.15, 0.2) is 29.8 Å². The predicted octanol–water partition coefficient (Wildman–Crippen LogP) is 4.37. The van der Waals surface area contributed by atoms with Gasteiger partial charge >= 0.3 is 0 Å². The highest BCUT2D eigenvalue weighted by molar-refractivity contribution is 5.76. The van der Waals surface area contributed by atoms with Gasteiger partial charge in [0, 0.05) is 25.2 Å². The predicted molar refractivity (Wildman–Crippen MR) is 97.8 cm³/mol. The van der Waals surface area contributed by atoms with Gasteiger partial charge < -0.3 is 10.6 Å². The first-order valence-corrected chi connectivity index (χ1v) is 8.97. The van der Waals surface area contributed by atoms with Gasteiger partial charge in [-0.1, -0.05) is 36.8 Å². The zero-order valence-electron chi connectivity index (χ0n) is 14.6. The van der Waals surface area contributed by atoms with Crippen molar-refractivity contribution >= 4 is 11.6 Å². The third kappa shape index (κ3) is 5.74. The highest BCUT2D eigenvalue weighted by atomic mass is 16.1. The fourth-order valence-electron chi connectivity index (χ4n) is 3.16. The van der Waals surface area contributed by atoms with Crippen LogP contribution in [-0.2, 0) is 11.2 Å². The molecule has 3 heteroatoms. The second-order valence-corrected chi connectivity index (χ2v) is 6.35. The Hall–Kier alpha value is -1.77. The Labute approximate surface area is 140 Å². The Morgan fingerprint density at radius 3 is 2.83 bits per heavy atom. The molecule has 0 aliphatic heterocycles. The molecule has 2 rings (SSSR count). The fourth-order valence-corrected chi connectivity index (χ4v) is 3.16. The van der Waals surface area contributed by atoms with E-state index >= 15 is 0 Å². The number of carbonyl (C=O) groups excluding carboxylic acids is 1. The van der Waals surface area contributed by atoms with Crippen LogP contribution in [0.1, 0.15) is 56.6 Å². The van der Waals surface area contributed by atoms with Crippen LogP contribution in [0, 0.1) is 6.92 Å². The summed E-state index contributed by atoms with van der Waals surface area (Å²) in [4.78, 5) is 11.9. The first kappa shape index (κ1) is 17.6. The Morgan fingerprint density at radius 2 is 2.09 bits per heavy atom. The molecular weight excluding hydrogens is 284 g/mol. The molecule has 0 fully saturated rings. The summed E-state index contributed by atoms with van der Waals surface area (Å²) in [6.07, 6.45) is 9.94. The van der Waals surface area contributed by atoms with E-state index in [-0.39, 0.29) is 5.91 Å². The first-order valence-electron chi connectivity index (χ1n) is 8.97. The number of rotatable bonds is 8. The van der Waals surface area contributed by atoms with Crippen LogP contribution in [0.25, 0.3) is 0 Å². The van der Waals surface area contributed by atoms with E-state index in [1.165, 1.54) is 48.1 Å². The third-order valence-corrected chi connectivity index (χ3v) is 4.55. The van der Waals surface area contributed by atoms with E-state index in [0.29, 0.717) is 13.0 Å². The average molecular weight is 314 g/mol. The van der Waals surface area contributed by atoms with Crippen LogP contribution in [0.5, 0.6) is 0 Å². The average Bonchev–Trinajstić information content (AvgIpc) is 2.57. The maximum atomic E-state index is 11.9.